The summed E-state index contributed by atoms with van der Waals surface area (Å²) in [5.74, 6) is 0.581. The first-order valence-electron chi connectivity index (χ1n) is 5.11. The van der Waals surface area contributed by atoms with Gasteiger partial charge < -0.3 is 5.11 Å². The van der Waals surface area contributed by atoms with Crippen molar-refractivity contribution in [1.29, 1.82) is 5.26 Å². The minimum absolute atomic E-state index is 0.485. The van der Waals surface area contributed by atoms with Crippen molar-refractivity contribution in [2.45, 2.75) is 52.1 Å². The highest BCUT2D eigenvalue weighted by Crippen LogP contribution is 2.49. The van der Waals surface area contributed by atoms with Gasteiger partial charge in [0.05, 0.1) is 17.1 Å². The maximum absolute atomic E-state index is 10.2. The number of hydrogen-bond donors (Lipinski definition) is 1. The Labute approximate surface area is 80.6 Å². The minimum atomic E-state index is -0.813. The van der Waals surface area contributed by atoms with Crippen molar-refractivity contribution in [2.24, 2.45) is 11.3 Å². The van der Waals surface area contributed by atoms with Crippen molar-refractivity contribution in [3.8, 4) is 6.07 Å². The first kappa shape index (κ1) is 10.5. The van der Waals surface area contributed by atoms with E-state index in [1.54, 1.807) is 6.92 Å². The fourth-order valence-corrected chi connectivity index (χ4v) is 2.34. The summed E-state index contributed by atoms with van der Waals surface area (Å²) in [6, 6.07) is 2.35. The van der Waals surface area contributed by atoms with E-state index >= 15 is 0 Å². The summed E-state index contributed by atoms with van der Waals surface area (Å²) in [4.78, 5) is 0. The summed E-state index contributed by atoms with van der Waals surface area (Å²) in [6.07, 6.45) is 3.44. The minimum Gasteiger partial charge on any atom is -0.389 e. The summed E-state index contributed by atoms with van der Waals surface area (Å²) in [5.41, 5.74) is -1.30. The molecule has 0 saturated heterocycles. The molecule has 1 saturated carbocycles. The third-order valence-electron chi connectivity index (χ3n) is 3.69. The monoisotopic (exact) mass is 181 g/mol. The molecule has 2 nitrogen and oxygen atoms in total. The van der Waals surface area contributed by atoms with Crippen LogP contribution in [0.15, 0.2) is 0 Å². The highest BCUT2D eigenvalue weighted by atomic mass is 16.3. The number of nitriles is 1. The second-order valence-electron chi connectivity index (χ2n) is 4.67. The molecule has 0 aromatic carbocycles. The summed E-state index contributed by atoms with van der Waals surface area (Å²) in [7, 11) is 0. The van der Waals surface area contributed by atoms with E-state index in [0.717, 1.165) is 19.3 Å². The molecule has 3 atom stereocenters. The lowest BCUT2D eigenvalue weighted by atomic mass is 9.71. The van der Waals surface area contributed by atoms with Gasteiger partial charge >= 0.3 is 0 Å². The molecule has 74 valence electrons. The quantitative estimate of drug-likeness (QED) is 0.711. The Balaban J connectivity index is 2.90. The van der Waals surface area contributed by atoms with Crippen LogP contribution < -0.4 is 0 Å². The summed E-state index contributed by atoms with van der Waals surface area (Å²) >= 11 is 0. The normalized spacial score (nSPS) is 38.2. The zero-order valence-corrected chi connectivity index (χ0v) is 8.80. The van der Waals surface area contributed by atoms with Crippen LogP contribution in [-0.2, 0) is 0 Å². The molecular weight excluding hydrogens is 162 g/mol. The molecule has 0 aromatic heterocycles. The van der Waals surface area contributed by atoms with Gasteiger partial charge in [-0.15, -0.1) is 0 Å². The van der Waals surface area contributed by atoms with Gasteiger partial charge in [-0.2, -0.15) is 5.26 Å². The molecule has 1 N–H and O–H groups in total. The summed E-state index contributed by atoms with van der Waals surface area (Å²) in [6.45, 7) is 5.90. The van der Waals surface area contributed by atoms with Crippen LogP contribution in [0, 0.1) is 22.7 Å². The molecule has 0 heterocycles. The Morgan fingerprint density at radius 2 is 2.31 bits per heavy atom. The van der Waals surface area contributed by atoms with Gasteiger partial charge in [-0.05, 0) is 38.5 Å². The van der Waals surface area contributed by atoms with Crippen molar-refractivity contribution in [3.63, 3.8) is 0 Å². The number of rotatable bonds is 2. The molecule has 0 radical (unpaired) electrons. The molecule has 1 rings (SSSR count). The molecule has 3 unspecified atom stereocenters. The Kier molecular flexibility index (Phi) is 2.68. The predicted molar refractivity (Wildman–Crippen MR) is 52.0 cm³/mol. The molecule has 0 spiro atoms. The van der Waals surface area contributed by atoms with E-state index in [1.165, 1.54) is 0 Å². The lowest BCUT2D eigenvalue weighted by Gasteiger charge is -2.36. The molecule has 1 fully saturated rings. The van der Waals surface area contributed by atoms with Crippen LogP contribution in [0.3, 0.4) is 0 Å². The summed E-state index contributed by atoms with van der Waals surface area (Å²) in [5, 5.41) is 19.4. The van der Waals surface area contributed by atoms with Crippen LogP contribution in [0.25, 0.3) is 0 Å². The van der Waals surface area contributed by atoms with Crippen molar-refractivity contribution in [1.82, 2.24) is 0 Å². The van der Waals surface area contributed by atoms with Crippen LogP contribution in [0.4, 0.5) is 0 Å². The second-order valence-corrected chi connectivity index (χ2v) is 4.67. The van der Waals surface area contributed by atoms with E-state index < -0.39 is 11.0 Å². The lowest BCUT2D eigenvalue weighted by Crippen LogP contribution is -2.42. The average molecular weight is 181 g/mol. The maximum atomic E-state index is 10.2. The van der Waals surface area contributed by atoms with Crippen molar-refractivity contribution in [3.05, 3.63) is 0 Å². The van der Waals surface area contributed by atoms with Gasteiger partial charge in [-0.3, -0.25) is 0 Å². The van der Waals surface area contributed by atoms with Crippen molar-refractivity contribution >= 4 is 0 Å². The van der Waals surface area contributed by atoms with Crippen molar-refractivity contribution in [2.75, 3.05) is 0 Å². The number of hydrogen-bond acceptors (Lipinski definition) is 2. The first-order chi connectivity index (χ1) is 5.97. The van der Waals surface area contributed by atoms with Gasteiger partial charge in [-0.1, -0.05) is 13.8 Å². The van der Waals surface area contributed by atoms with Crippen LogP contribution in [0.5, 0.6) is 0 Å². The van der Waals surface area contributed by atoms with Gasteiger partial charge in [0.15, 0.2) is 0 Å². The third-order valence-corrected chi connectivity index (χ3v) is 3.69. The molecule has 2 heteroatoms. The molecule has 0 aromatic rings. The van der Waals surface area contributed by atoms with Crippen LogP contribution in [0.1, 0.15) is 46.5 Å². The molecule has 0 aliphatic heterocycles. The Morgan fingerprint density at radius 1 is 1.69 bits per heavy atom. The van der Waals surface area contributed by atoms with Crippen LogP contribution >= 0.6 is 0 Å². The van der Waals surface area contributed by atoms with E-state index in [1.807, 2.05) is 6.92 Å². The van der Waals surface area contributed by atoms with Crippen molar-refractivity contribution < 1.29 is 5.11 Å². The molecule has 1 aliphatic rings. The molecule has 0 amide bonds. The zero-order valence-electron chi connectivity index (χ0n) is 8.80. The Bertz CT molecular complexity index is 229. The van der Waals surface area contributed by atoms with Gasteiger partial charge in [0, 0.05) is 0 Å². The molecule has 0 bridgehead atoms. The Morgan fingerprint density at radius 3 is 2.62 bits per heavy atom. The fourth-order valence-electron chi connectivity index (χ4n) is 2.34. The van der Waals surface area contributed by atoms with Crippen LogP contribution in [-0.4, -0.2) is 10.7 Å². The SMILES string of the molecule is CCC(C)(O)C1(C#N)CCC(C)C1. The number of aliphatic hydroxyl groups is 1. The van der Waals surface area contributed by atoms with Gasteiger partial charge in [0.25, 0.3) is 0 Å². The fraction of sp³-hybridized carbons (Fsp3) is 0.909. The maximum Gasteiger partial charge on any atom is 0.0860 e. The summed E-state index contributed by atoms with van der Waals surface area (Å²) < 4.78 is 0. The van der Waals surface area contributed by atoms with E-state index in [0.29, 0.717) is 12.3 Å². The first-order valence-corrected chi connectivity index (χ1v) is 5.11. The second kappa shape index (κ2) is 3.31. The van der Waals surface area contributed by atoms with E-state index in [2.05, 4.69) is 13.0 Å². The largest absolute Gasteiger partial charge is 0.389 e. The van der Waals surface area contributed by atoms with Gasteiger partial charge in [-0.25, -0.2) is 0 Å². The topological polar surface area (TPSA) is 44.0 Å². The van der Waals surface area contributed by atoms with E-state index in [4.69, 9.17) is 0 Å². The highest BCUT2D eigenvalue weighted by Gasteiger charge is 2.50. The average Bonchev–Trinajstić information content (AvgIpc) is 2.49. The zero-order chi connectivity index (χ0) is 10.1. The third kappa shape index (κ3) is 1.58. The van der Waals surface area contributed by atoms with Crippen LogP contribution in [0.2, 0.25) is 0 Å². The van der Waals surface area contributed by atoms with Gasteiger partial charge in [0.2, 0.25) is 0 Å². The van der Waals surface area contributed by atoms with Gasteiger partial charge in [0.1, 0.15) is 0 Å². The molecule has 1 aliphatic carbocycles. The Hall–Kier alpha value is -0.550. The molecule has 13 heavy (non-hydrogen) atoms. The number of nitrogens with zero attached hydrogens (tertiary/aromatic N) is 1. The van der Waals surface area contributed by atoms with E-state index in [-0.39, 0.29) is 0 Å². The lowest BCUT2D eigenvalue weighted by molar-refractivity contribution is -0.0409. The standard InChI is InChI=1S/C11H19NO/c1-4-10(3,13)11(8-12)6-5-9(2)7-11/h9,13H,4-7H2,1-3H3. The smallest absolute Gasteiger partial charge is 0.0860 e. The highest BCUT2D eigenvalue weighted by molar-refractivity contribution is 5.12. The predicted octanol–water partition coefficient (Wildman–Crippen LogP) is 2.48. The van der Waals surface area contributed by atoms with E-state index in [9.17, 15) is 10.4 Å². The molecular formula is C11H19NO.